The summed E-state index contributed by atoms with van der Waals surface area (Å²) in [6, 6.07) is 2.05. The van der Waals surface area contributed by atoms with E-state index in [1.54, 1.807) is 6.26 Å². The summed E-state index contributed by atoms with van der Waals surface area (Å²) in [6.45, 7) is 5.87. The Morgan fingerprint density at radius 1 is 1.62 bits per heavy atom. The number of rotatable bonds is 3. The van der Waals surface area contributed by atoms with E-state index in [1.807, 2.05) is 6.26 Å². The van der Waals surface area contributed by atoms with Gasteiger partial charge in [0.25, 0.3) is 0 Å². The Balaban J connectivity index is 1.84. The van der Waals surface area contributed by atoms with Crippen LogP contribution in [0.25, 0.3) is 0 Å². The summed E-state index contributed by atoms with van der Waals surface area (Å²) in [5.74, 6) is 0.923. The Bertz CT molecular complexity index is 243. The number of furan rings is 1. The van der Waals surface area contributed by atoms with Gasteiger partial charge in [0, 0.05) is 18.7 Å². The van der Waals surface area contributed by atoms with Gasteiger partial charge < -0.3 is 4.42 Å². The van der Waals surface area contributed by atoms with Crippen LogP contribution in [0, 0.1) is 5.92 Å². The van der Waals surface area contributed by atoms with Gasteiger partial charge in [-0.3, -0.25) is 4.90 Å². The molecule has 0 bridgehead atoms. The molecule has 2 heterocycles. The number of nitrogens with zero attached hydrogens (tertiary/aromatic N) is 1. The molecule has 0 amide bonds. The van der Waals surface area contributed by atoms with Crippen molar-refractivity contribution in [2.24, 2.45) is 5.92 Å². The minimum Gasteiger partial charge on any atom is -0.472 e. The second kappa shape index (κ2) is 3.97. The van der Waals surface area contributed by atoms with Gasteiger partial charge in [-0.1, -0.05) is 13.3 Å². The van der Waals surface area contributed by atoms with E-state index in [0.717, 1.165) is 12.5 Å². The molecule has 0 saturated carbocycles. The standard InChI is InChI=1S/C11H17NO/c1-2-10-3-5-12(7-10)8-11-4-6-13-9-11/h4,6,9-10H,2-3,5,7-8H2,1H3. The molecule has 0 radical (unpaired) electrons. The highest BCUT2D eigenvalue weighted by molar-refractivity contribution is 5.05. The van der Waals surface area contributed by atoms with E-state index in [-0.39, 0.29) is 0 Å². The van der Waals surface area contributed by atoms with E-state index >= 15 is 0 Å². The summed E-state index contributed by atoms with van der Waals surface area (Å²) in [6.07, 6.45) is 6.29. The predicted molar refractivity (Wildman–Crippen MR) is 52.4 cm³/mol. The minimum absolute atomic E-state index is 0.923. The Morgan fingerprint density at radius 2 is 2.54 bits per heavy atom. The van der Waals surface area contributed by atoms with Crippen molar-refractivity contribution in [3.63, 3.8) is 0 Å². The van der Waals surface area contributed by atoms with Crippen molar-refractivity contribution in [1.29, 1.82) is 0 Å². The van der Waals surface area contributed by atoms with Gasteiger partial charge in [-0.2, -0.15) is 0 Å². The first-order chi connectivity index (χ1) is 6.38. The van der Waals surface area contributed by atoms with Gasteiger partial charge in [0.2, 0.25) is 0 Å². The maximum Gasteiger partial charge on any atom is 0.0947 e. The van der Waals surface area contributed by atoms with Gasteiger partial charge in [0.1, 0.15) is 0 Å². The van der Waals surface area contributed by atoms with Gasteiger partial charge in [-0.05, 0) is 24.9 Å². The molecule has 72 valence electrons. The van der Waals surface area contributed by atoms with Crippen molar-refractivity contribution in [2.45, 2.75) is 26.3 Å². The van der Waals surface area contributed by atoms with Crippen LogP contribution in [-0.2, 0) is 6.54 Å². The third kappa shape index (κ3) is 2.13. The highest BCUT2D eigenvalue weighted by atomic mass is 16.3. The highest BCUT2D eigenvalue weighted by Crippen LogP contribution is 2.20. The summed E-state index contributed by atoms with van der Waals surface area (Å²) < 4.78 is 5.05. The second-order valence-electron chi connectivity index (χ2n) is 3.93. The van der Waals surface area contributed by atoms with Crippen LogP contribution in [-0.4, -0.2) is 18.0 Å². The molecule has 0 aliphatic carbocycles. The van der Waals surface area contributed by atoms with Gasteiger partial charge in [0.15, 0.2) is 0 Å². The average molecular weight is 179 g/mol. The monoisotopic (exact) mass is 179 g/mol. The molecule has 0 spiro atoms. The van der Waals surface area contributed by atoms with Gasteiger partial charge >= 0.3 is 0 Å². The predicted octanol–water partition coefficient (Wildman–Crippen LogP) is 2.51. The molecule has 2 rings (SSSR count). The lowest BCUT2D eigenvalue weighted by Gasteiger charge is -2.13. The molecule has 1 atom stereocenters. The fourth-order valence-electron chi connectivity index (χ4n) is 2.03. The summed E-state index contributed by atoms with van der Waals surface area (Å²) in [5.41, 5.74) is 1.30. The molecule has 1 fully saturated rings. The zero-order chi connectivity index (χ0) is 9.10. The molecular formula is C11H17NO. The molecule has 1 aliphatic rings. The molecule has 1 aliphatic heterocycles. The first kappa shape index (κ1) is 8.82. The van der Waals surface area contributed by atoms with E-state index in [4.69, 9.17) is 4.42 Å². The zero-order valence-corrected chi connectivity index (χ0v) is 8.20. The lowest BCUT2D eigenvalue weighted by molar-refractivity contribution is 0.314. The van der Waals surface area contributed by atoms with Gasteiger partial charge in [0.05, 0.1) is 12.5 Å². The van der Waals surface area contributed by atoms with Crippen LogP contribution in [0.3, 0.4) is 0 Å². The molecule has 2 nitrogen and oxygen atoms in total. The van der Waals surface area contributed by atoms with Crippen molar-refractivity contribution in [1.82, 2.24) is 4.90 Å². The SMILES string of the molecule is CCC1CCN(Cc2ccoc2)C1. The van der Waals surface area contributed by atoms with Crippen molar-refractivity contribution in [2.75, 3.05) is 13.1 Å². The lowest BCUT2D eigenvalue weighted by Crippen LogP contribution is -2.19. The molecule has 1 aromatic heterocycles. The molecule has 13 heavy (non-hydrogen) atoms. The highest BCUT2D eigenvalue weighted by Gasteiger charge is 2.20. The lowest BCUT2D eigenvalue weighted by atomic mass is 10.1. The first-order valence-corrected chi connectivity index (χ1v) is 5.12. The van der Waals surface area contributed by atoms with E-state index in [9.17, 15) is 0 Å². The molecule has 2 heteroatoms. The number of likely N-dealkylation sites (tertiary alicyclic amines) is 1. The first-order valence-electron chi connectivity index (χ1n) is 5.12. The van der Waals surface area contributed by atoms with Crippen molar-refractivity contribution >= 4 is 0 Å². The molecule has 0 aromatic carbocycles. The summed E-state index contributed by atoms with van der Waals surface area (Å²) >= 11 is 0. The number of hydrogen-bond acceptors (Lipinski definition) is 2. The van der Waals surface area contributed by atoms with E-state index in [0.29, 0.717) is 0 Å². The molecule has 1 unspecified atom stereocenters. The van der Waals surface area contributed by atoms with Crippen LogP contribution in [0.2, 0.25) is 0 Å². The quantitative estimate of drug-likeness (QED) is 0.709. The van der Waals surface area contributed by atoms with E-state index in [1.165, 1.54) is 31.5 Å². The van der Waals surface area contributed by atoms with Crippen LogP contribution in [0.1, 0.15) is 25.3 Å². The van der Waals surface area contributed by atoms with Crippen LogP contribution >= 0.6 is 0 Å². The van der Waals surface area contributed by atoms with Gasteiger partial charge in [-0.15, -0.1) is 0 Å². The minimum atomic E-state index is 0.923. The molecular weight excluding hydrogens is 162 g/mol. The topological polar surface area (TPSA) is 16.4 Å². The van der Waals surface area contributed by atoms with Crippen LogP contribution in [0.5, 0.6) is 0 Å². The number of hydrogen-bond donors (Lipinski definition) is 0. The van der Waals surface area contributed by atoms with Crippen LogP contribution in [0.4, 0.5) is 0 Å². The summed E-state index contributed by atoms with van der Waals surface area (Å²) in [7, 11) is 0. The maximum absolute atomic E-state index is 5.05. The fourth-order valence-corrected chi connectivity index (χ4v) is 2.03. The van der Waals surface area contributed by atoms with Gasteiger partial charge in [-0.25, -0.2) is 0 Å². The average Bonchev–Trinajstić information content (AvgIpc) is 2.76. The fraction of sp³-hybridized carbons (Fsp3) is 0.636. The normalized spacial score (nSPS) is 23.9. The van der Waals surface area contributed by atoms with Crippen molar-refractivity contribution in [3.8, 4) is 0 Å². The summed E-state index contributed by atoms with van der Waals surface area (Å²) in [4.78, 5) is 2.51. The smallest absolute Gasteiger partial charge is 0.0947 e. The molecule has 1 aromatic rings. The van der Waals surface area contributed by atoms with Crippen LogP contribution < -0.4 is 0 Å². The zero-order valence-electron chi connectivity index (χ0n) is 8.20. The largest absolute Gasteiger partial charge is 0.472 e. The second-order valence-corrected chi connectivity index (χ2v) is 3.93. The Labute approximate surface area is 79.5 Å². The van der Waals surface area contributed by atoms with E-state index < -0.39 is 0 Å². The molecule has 1 saturated heterocycles. The Morgan fingerprint density at radius 3 is 3.15 bits per heavy atom. The van der Waals surface area contributed by atoms with Crippen LogP contribution in [0.15, 0.2) is 23.0 Å². The van der Waals surface area contributed by atoms with E-state index in [2.05, 4.69) is 17.9 Å². The third-order valence-electron chi connectivity index (χ3n) is 2.93. The Kier molecular flexibility index (Phi) is 2.69. The summed E-state index contributed by atoms with van der Waals surface area (Å²) in [5, 5.41) is 0. The van der Waals surface area contributed by atoms with Crippen molar-refractivity contribution < 1.29 is 4.42 Å². The Hall–Kier alpha value is -0.760. The third-order valence-corrected chi connectivity index (χ3v) is 2.93. The maximum atomic E-state index is 5.05. The van der Waals surface area contributed by atoms with Crippen molar-refractivity contribution in [3.05, 3.63) is 24.2 Å². The molecule has 0 N–H and O–H groups in total.